The van der Waals surface area contributed by atoms with E-state index < -0.39 is 0 Å². The van der Waals surface area contributed by atoms with Gasteiger partial charge >= 0.3 is 0 Å². The maximum atomic E-state index is 2.44. The molecule has 0 aromatic carbocycles. The van der Waals surface area contributed by atoms with Crippen molar-refractivity contribution in [3.63, 3.8) is 0 Å². The minimum absolute atomic E-state index is 0.763. The van der Waals surface area contributed by atoms with E-state index in [1.807, 2.05) is 0 Å². The van der Waals surface area contributed by atoms with Gasteiger partial charge in [-0.2, -0.15) is 0 Å². The molecule has 2 aliphatic rings. The van der Waals surface area contributed by atoms with Crippen molar-refractivity contribution in [2.75, 3.05) is 0 Å². The van der Waals surface area contributed by atoms with Gasteiger partial charge in [-0.1, -0.05) is 42.4 Å². The summed E-state index contributed by atoms with van der Waals surface area (Å²) in [4.78, 5) is 0. The Morgan fingerprint density at radius 2 is 2.38 bits per heavy atom. The van der Waals surface area contributed by atoms with Crippen molar-refractivity contribution in [1.82, 2.24) is 0 Å². The van der Waals surface area contributed by atoms with Crippen LogP contribution in [0.25, 0.3) is 0 Å². The molecule has 0 bridgehead atoms. The van der Waals surface area contributed by atoms with Crippen LogP contribution >= 0.6 is 0 Å². The van der Waals surface area contributed by atoms with Crippen molar-refractivity contribution in [2.45, 2.75) is 39.0 Å². The lowest BCUT2D eigenvalue weighted by molar-refractivity contribution is 0.648. The minimum Gasteiger partial charge on any atom is -0.0853 e. The predicted octanol–water partition coefficient (Wildman–Crippen LogP) is 4.01. The molecular weight excluding hydrogens is 156 g/mol. The van der Waals surface area contributed by atoms with Crippen molar-refractivity contribution in [3.8, 4) is 0 Å². The van der Waals surface area contributed by atoms with Crippen LogP contribution in [0.2, 0.25) is 0 Å². The zero-order chi connectivity index (χ0) is 9.10. The maximum absolute atomic E-state index is 2.44. The van der Waals surface area contributed by atoms with E-state index in [-0.39, 0.29) is 0 Å². The first-order valence-electron chi connectivity index (χ1n) is 5.40. The third-order valence-electron chi connectivity index (χ3n) is 3.14. The lowest BCUT2D eigenvalue weighted by Crippen LogP contribution is -1.98. The van der Waals surface area contributed by atoms with Crippen molar-refractivity contribution >= 4 is 0 Å². The summed E-state index contributed by atoms with van der Waals surface area (Å²) in [5.74, 6) is 0.763. The molecule has 2 aliphatic carbocycles. The first kappa shape index (κ1) is 8.80. The highest BCUT2D eigenvalue weighted by atomic mass is 14.2. The third kappa shape index (κ3) is 2.12. The molecule has 0 heterocycles. The second-order valence-electron chi connectivity index (χ2n) is 4.23. The quantitative estimate of drug-likeness (QED) is 0.567. The average Bonchev–Trinajstić information content (AvgIpc) is 2.74. The van der Waals surface area contributed by atoms with Gasteiger partial charge in [0.15, 0.2) is 0 Å². The zero-order valence-electron chi connectivity index (χ0n) is 8.42. The van der Waals surface area contributed by atoms with E-state index in [9.17, 15) is 0 Å². The first-order chi connectivity index (χ1) is 6.36. The van der Waals surface area contributed by atoms with Crippen LogP contribution in [0.15, 0.2) is 35.5 Å². The fourth-order valence-corrected chi connectivity index (χ4v) is 2.28. The Balaban J connectivity index is 1.87. The van der Waals surface area contributed by atoms with Gasteiger partial charge in [-0.05, 0) is 38.0 Å². The highest BCUT2D eigenvalue weighted by molar-refractivity contribution is 5.26. The molecule has 0 spiro atoms. The molecule has 13 heavy (non-hydrogen) atoms. The summed E-state index contributed by atoms with van der Waals surface area (Å²) in [6, 6.07) is 0. The molecule has 0 amide bonds. The smallest absolute Gasteiger partial charge is 0.0130 e. The Labute approximate surface area is 81.0 Å². The summed E-state index contributed by atoms with van der Waals surface area (Å²) >= 11 is 0. The van der Waals surface area contributed by atoms with Crippen molar-refractivity contribution in [3.05, 3.63) is 35.5 Å². The van der Waals surface area contributed by atoms with E-state index in [1.54, 1.807) is 11.1 Å². The van der Waals surface area contributed by atoms with E-state index in [0.29, 0.717) is 0 Å². The number of rotatable bonds is 3. The largest absolute Gasteiger partial charge is 0.0853 e. The van der Waals surface area contributed by atoms with E-state index in [1.165, 1.54) is 32.1 Å². The molecule has 70 valence electrons. The molecular formula is C13H18. The molecule has 0 aliphatic heterocycles. The molecule has 0 heteroatoms. The molecule has 0 fully saturated rings. The predicted molar refractivity (Wildman–Crippen MR) is 57.6 cm³/mol. The van der Waals surface area contributed by atoms with E-state index in [2.05, 4.69) is 31.2 Å². The zero-order valence-corrected chi connectivity index (χ0v) is 8.42. The number of allylic oxidation sites excluding steroid dienone is 6. The van der Waals surface area contributed by atoms with Gasteiger partial charge in [-0.15, -0.1) is 0 Å². The molecule has 0 saturated heterocycles. The second-order valence-corrected chi connectivity index (χ2v) is 4.23. The van der Waals surface area contributed by atoms with Crippen LogP contribution in [0.3, 0.4) is 0 Å². The first-order valence-corrected chi connectivity index (χ1v) is 5.40. The minimum atomic E-state index is 0.763. The molecule has 0 aromatic rings. The van der Waals surface area contributed by atoms with Crippen LogP contribution in [-0.4, -0.2) is 0 Å². The van der Waals surface area contributed by atoms with Crippen LogP contribution in [0, 0.1) is 5.92 Å². The molecule has 1 atom stereocenters. The Morgan fingerprint density at radius 3 is 3.00 bits per heavy atom. The van der Waals surface area contributed by atoms with E-state index in [0.717, 1.165) is 5.92 Å². The summed E-state index contributed by atoms with van der Waals surface area (Å²) in [7, 11) is 0. The SMILES string of the molecule is C[C@@H](CC1=CCCC1)C1=CC=CC1. The Morgan fingerprint density at radius 1 is 1.46 bits per heavy atom. The van der Waals surface area contributed by atoms with Crippen LogP contribution in [0.1, 0.15) is 39.0 Å². The van der Waals surface area contributed by atoms with E-state index >= 15 is 0 Å². The van der Waals surface area contributed by atoms with Crippen LogP contribution in [-0.2, 0) is 0 Å². The monoisotopic (exact) mass is 174 g/mol. The molecule has 0 radical (unpaired) electrons. The lowest BCUT2D eigenvalue weighted by Gasteiger charge is -2.13. The molecule has 0 unspecified atom stereocenters. The Bertz CT molecular complexity index is 266. The fraction of sp³-hybridized carbons (Fsp3) is 0.538. The highest BCUT2D eigenvalue weighted by Gasteiger charge is 2.13. The normalized spacial score (nSPS) is 23.2. The average molecular weight is 174 g/mol. The summed E-state index contributed by atoms with van der Waals surface area (Å²) < 4.78 is 0. The molecule has 2 rings (SSSR count). The van der Waals surface area contributed by atoms with Gasteiger partial charge < -0.3 is 0 Å². The Hall–Kier alpha value is -0.780. The van der Waals surface area contributed by atoms with Gasteiger partial charge in [0.05, 0.1) is 0 Å². The molecule has 0 N–H and O–H groups in total. The Kier molecular flexibility index (Phi) is 2.68. The fourth-order valence-electron chi connectivity index (χ4n) is 2.28. The number of hydrogen-bond acceptors (Lipinski definition) is 0. The topological polar surface area (TPSA) is 0 Å². The van der Waals surface area contributed by atoms with Gasteiger partial charge in [0, 0.05) is 0 Å². The standard InChI is InChI=1S/C13H18/c1-11(13-8-4-5-9-13)10-12-6-2-3-7-12/h4-6,8,11H,2-3,7,9-10H2,1H3/t11-/m0/s1. The van der Waals surface area contributed by atoms with Crippen molar-refractivity contribution in [1.29, 1.82) is 0 Å². The van der Waals surface area contributed by atoms with Gasteiger partial charge in [0.1, 0.15) is 0 Å². The van der Waals surface area contributed by atoms with Gasteiger partial charge in [-0.25, -0.2) is 0 Å². The summed E-state index contributed by atoms with van der Waals surface area (Å²) in [6.07, 6.45) is 15.7. The molecule has 0 nitrogen and oxygen atoms in total. The van der Waals surface area contributed by atoms with Crippen molar-refractivity contribution < 1.29 is 0 Å². The number of hydrogen-bond donors (Lipinski definition) is 0. The summed E-state index contributed by atoms with van der Waals surface area (Å²) in [5.41, 5.74) is 3.31. The van der Waals surface area contributed by atoms with Crippen LogP contribution < -0.4 is 0 Å². The van der Waals surface area contributed by atoms with Gasteiger partial charge in [0.25, 0.3) is 0 Å². The molecule has 0 aromatic heterocycles. The van der Waals surface area contributed by atoms with Crippen LogP contribution in [0.5, 0.6) is 0 Å². The lowest BCUT2D eigenvalue weighted by atomic mass is 9.92. The van der Waals surface area contributed by atoms with Crippen LogP contribution in [0.4, 0.5) is 0 Å². The van der Waals surface area contributed by atoms with Gasteiger partial charge in [-0.3, -0.25) is 0 Å². The maximum Gasteiger partial charge on any atom is -0.0130 e. The highest BCUT2D eigenvalue weighted by Crippen LogP contribution is 2.30. The van der Waals surface area contributed by atoms with Crippen molar-refractivity contribution in [2.24, 2.45) is 5.92 Å². The summed E-state index contributed by atoms with van der Waals surface area (Å²) in [6.45, 7) is 2.36. The molecule has 0 saturated carbocycles. The van der Waals surface area contributed by atoms with Gasteiger partial charge in [0.2, 0.25) is 0 Å². The summed E-state index contributed by atoms with van der Waals surface area (Å²) in [5, 5.41) is 0. The second kappa shape index (κ2) is 3.95. The third-order valence-corrected chi connectivity index (χ3v) is 3.14. The van der Waals surface area contributed by atoms with E-state index in [4.69, 9.17) is 0 Å².